The molecule has 0 radical (unpaired) electrons. The number of thiazole rings is 1. The van der Waals surface area contributed by atoms with Crippen LogP contribution in [0.25, 0.3) is 0 Å². The zero-order chi connectivity index (χ0) is 19.4. The molecule has 0 aliphatic carbocycles. The third-order valence-electron chi connectivity index (χ3n) is 5.25. The third kappa shape index (κ3) is 5.39. The zero-order valence-corrected chi connectivity index (χ0v) is 17.7. The van der Waals surface area contributed by atoms with E-state index in [0.29, 0.717) is 11.8 Å². The Morgan fingerprint density at radius 2 is 2.04 bits per heavy atom. The molecule has 146 valence electrons. The lowest BCUT2D eigenvalue weighted by Crippen LogP contribution is -2.39. The highest BCUT2D eigenvalue weighted by Crippen LogP contribution is 2.24. The van der Waals surface area contributed by atoms with Gasteiger partial charge in [0.15, 0.2) is 0 Å². The molecule has 1 aromatic heterocycles. The minimum absolute atomic E-state index is 0.0361. The van der Waals surface area contributed by atoms with Crippen molar-refractivity contribution in [1.82, 2.24) is 15.2 Å². The lowest BCUT2D eigenvalue weighted by molar-refractivity contribution is 0.0930. The smallest absolute Gasteiger partial charge is 0.263 e. The van der Waals surface area contributed by atoms with Crippen LogP contribution in [-0.2, 0) is 13.0 Å². The predicted molar refractivity (Wildman–Crippen MR) is 112 cm³/mol. The molecule has 2 aromatic rings. The van der Waals surface area contributed by atoms with Gasteiger partial charge in [-0.2, -0.15) is 0 Å². The maximum Gasteiger partial charge on any atom is 0.263 e. The number of amides is 1. The summed E-state index contributed by atoms with van der Waals surface area (Å²) in [5, 5.41) is 4.30. The largest absolute Gasteiger partial charge is 0.349 e. The molecular weight excluding hydrogens is 354 g/mol. The Hall–Kier alpha value is -1.72. The van der Waals surface area contributed by atoms with E-state index in [9.17, 15) is 4.79 Å². The lowest BCUT2D eigenvalue weighted by Gasteiger charge is -2.21. The maximum absolute atomic E-state index is 12.8. The zero-order valence-electron chi connectivity index (χ0n) is 16.9. The molecule has 4 nitrogen and oxygen atoms in total. The summed E-state index contributed by atoms with van der Waals surface area (Å²) in [5.74, 6) is 1.09. The van der Waals surface area contributed by atoms with Crippen molar-refractivity contribution in [2.45, 2.75) is 53.1 Å². The normalized spacial score (nSPS) is 18.8. The summed E-state index contributed by atoms with van der Waals surface area (Å²) in [5.41, 5.74) is 2.21. The van der Waals surface area contributed by atoms with E-state index in [4.69, 9.17) is 0 Å². The van der Waals surface area contributed by atoms with Crippen LogP contribution in [0.2, 0.25) is 0 Å². The maximum atomic E-state index is 12.8. The van der Waals surface area contributed by atoms with Gasteiger partial charge in [-0.3, -0.25) is 9.69 Å². The second-order valence-electron chi connectivity index (χ2n) is 8.15. The quantitative estimate of drug-likeness (QED) is 0.773. The molecule has 2 atom stereocenters. The van der Waals surface area contributed by atoms with Gasteiger partial charge in [0.25, 0.3) is 5.91 Å². The number of likely N-dealkylation sites (tertiary alicyclic amines) is 1. The number of aromatic nitrogens is 1. The Labute approximate surface area is 167 Å². The van der Waals surface area contributed by atoms with E-state index in [2.05, 4.69) is 66.3 Å². The Balaban J connectivity index is 1.54. The summed E-state index contributed by atoms with van der Waals surface area (Å²) in [6.07, 6.45) is 2.07. The van der Waals surface area contributed by atoms with Gasteiger partial charge in [-0.15, -0.1) is 11.3 Å². The van der Waals surface area contributed by atoms with Gasteiger partial charge in [-0.1, -0.05) is 44.2 Å². The molecule has 27 heavy (non-hydrogen) atoms. The number of nitrogens with zero attached hydrogens (tertiary/aromatic N) is 2. The van der Waals surface area contributed by atoms with Crippen molar-refractivity contribution in [2.75, 3.05) is 13.1 Å². The molecule has 0 bridgehead atoms. The fraction of sp³-hybridized carbons (Fsp3) is 0.545. The fourth-order valence-corrected chi connectivity index (χ4v) is 4.93. The van der Waals surface area contributed by atoms with E-state index >= 15 is 0 Å². The van der Waals surface area contributed by atoms with Gasteiger partial charge in [-0.05, 0) is 44.2 Å². The molecule has 1 saturated heterocycles. The van der Waals surface area contributed by atoms with Gasteiger partial charge in [0.05, 0.1) is 10.7 Å². The average molecular weight is 386 g/mol. The van der Waals surface area contributed by atoms with Crippen LogP contribution in [0.15, 0.2) is 30.3 Å². The van der Waals surface area contributed by atoms with Crippen molar-refractivity contribution in [3.05, 3.63) is 51.5 Å². The molecule has 5 heteroatoms. The van der Waals surface area contributed by atoms with Crippen LogP contribution in [-0.4, -0.2) is 34.9 Å². The highest BCUT2D eigenvalue weighted by molar-refractivity contribution is 7.13. The van der Waals surface area contributed by atoms with Crippen LogP contribution >= 0.6 is 11.3 Å². The highest BCUT2D eigenvalue weighted by atomic mass is 32.1. The minimum atomic E-state index is 0.0361. The average Bonchev–Trinajstić information content (AvgIpc) is 3.22. The topological polar surface area (TPSA) is 45.2 Å². The molecule has 1 fully saturated rings. The Bertz CT molecular complexity index is 756. The van der Waals surface area contributed by atoms with Crippen LogP contribution in [0, 0.1) is 18.8 Å². The molecule has 1 aliphatic rings. The van der Waals surface area contributed by atoms with E-state index < -0.39 is 0 Å². The third-order valence-corrected chi connectivity index (χ3v) is 6.43. The van der Waals surface area contributed by atoms with Crippen LogP contribution in [0.4, 0.5) is 0 Å². The summed E-state index contributed by atoms with van der Waals surface area (Å²) in [6.45, 7) is 11.6. The molecule has 2 heterocycles. The van der Waals surface area contributed by atoms with Gasteiger partial charge >= 0.3 is 0 Å². The van der Waals surface area contributed by atoms with Crippen LogP contribution in [0.5, 0.6) is 0 Å². The first-order valence-electron chi connectivity index (χ1n) is 9.95. The molecule has 1 aromatic carbocycles. The van der Waals surface area contributed by atoms with Crippen molar-refractivity contribution in [3.8, 4) is 0 Å². The first-order valence-corrected chi connectivity index (χ1v) is 10.8. The first-order chi connectivity index (χ1) is 12.9. The summed E-state index contributed by atoms with van der Waals surface area (Å²) in [6, 6.07) is 10.8. The lowest BCUT2D eigenvalue weighted by atomic mass is 10.0. The Morgan fingerprint density at radius 1 is 1.30 bits per heavy atom. The van der Waals surface area contributed by atoms with Gasteiger partial charge in [0, 0.05) is 25.6 Å². The minimum Gasteiger partial charge on any atom is -0.349 e. The van der Waals surface area contributed by atoms with Crippen molar-refractivity contribution in [2.24, 2.45) is 11.8 Å². The van der Waals surface area contributed by atoms with E-state index in [0.717, 1.165) is 48.1 Å². The SMILES string of the molecule is Cc1nc(CC(C)C)sc1C(=O)NC(C)C1CCN(Cc2ccccc2)C1. The molecule has 2 unspecified atom stereocenters. The van der Waals surface area contributed by atoms with E-state index in [1.165, 1.54) is 5.56 Å². The van der Waals surface area contributed by atoms with Crippen LogP contribution < -0.4 is 5.32 Å². The monoisotopic (exact) mass is 385 g/mol. The van der Waals surface area contributed by atoms with E-state index in [1.807, 2.05) is 6.92 Å². The van der Waals surface area contributed by atoms with Crippen molar-refractivity contribution in [1.29, 1.82) is 0 Å². The number of aryl methyl sites for hydroxylation is 1. The van der Waals surface area contributed by atoms with Crippen molar-refractivity contribution < 1.29 is 4.79 Å². The number of hydrogen-bond donors (Lipinski definition) is 1. The van der Waals surface area contributed by atoms with E-state index in [1.54, 1.807) is 11.3 Å². The number of carbonyl (C=O) groups is 1. The second kappa shape index (κ2) is 8.98. The molecule has 0 spiro atoms. The Kier molecular flexibility index (Phi) is 6.66. The van der Waals surface area contributed by atoms with Crippen molar-refractivity contribution >= 4 is 17.2 Å². The number of benzene rings is 1. The molecule has 3 rings (SSSR count). The molecular formula is C22H31N3OS. The Morgan fingerprint density at radius 3 is 2.74 bits per heavy atom. The first kappa shape index (κ1) is 20.0. The molecule has 1 aliphatic heterocycles. The summed E-state index contributed by atoms with van der Waals surface area (Å²) >= 11 is 1.55. The van der Waals surface area contributed by atoms with Crippen LogP contribution in [0.1, 0.15) is 53.1 Å². The summed E-state index contributed by atoms with van der Waals surface area (Å²) < 4.78 is 0. The van der Waals surface area contributed by atoms with Gasteiger partial charge in [-0.25, -0.2) is 4.98 Å². The standard InChI is InChI=1S/C22H31N3OS/c1-15(2)12-20-23-17(4)21(27-20)22(26)24-16(3)19-10-11-25(14-19)13-18-8-6-5-7-9-18/h5-9,15-16,19H,10-14H2,1-4H3,(H,24,26). The predicted octanol–water partition coefficient (Wildman–Crippen LogP) is 4.29. The molecule has 1 amide bonds. The van der Waals surface area contributed by atoms with E-state index in [-0.39, 0.29) is 11.9 Å². The number of carbonyl (C=O) groups excluding carboxylic acids is 1. The highest BCUT2D eigenvalue weighted by Gasteiger charge is 2.29. The second-order valence-corrected chi connectivity index (χ2v) is 9.24. The summed E-state index contributed by atoms with van der Waals surface area (Å²) in [4.78, 5) is 20.6. The van der Waals surface area contributed by atoms with Gasteiger partial charge in [0.2, 0.25) is 0 Å². The summed E-state index contributed by atoms with van der Waals surface area (Å²) in [7, 11) is 0. The molecule has 1 N–H and O–H groups in total. The number of hydrogen-bond acceptors (Lipinski definition) is 4. The fourth-order valence-electron chi connectivity index (χ4n) is 3.75. The van der Waals surface area contributed by atoms with Crippen molar-refractivity contribution in [3.63, 3.8) is 0 Å². The van der Waals surface area contributed by atoms with Crippen LogP contribution in [0.3, 0.4) is 0 Å². The molecule has 0 saturated carbocycles. The van der Waals surface area contributed by atoms with Gasteiger partial charge < -0.3 is 5.32 Å². The number of rotatable bonds is 7. The van der Waals surface area contributed by atoms with Gasteiger partial charge in [0.1, 0.15) is 4.88 Å². The number of nitrogens with one attached hydrogen (secondary N) is 1.